The molecule has 24 heavy (non-hydrogen) atoms. The first kappa shape index (κ1) is 20.3. The molecule has 0 aromatic heterocycles. The van der Waals surface area contributed by atoms with Gasteiger partial charge in [-0.25, -0.2) is 0 Å². The number of rotatable bonds is 5. The summed E-state index contributed by atoms with van der Waals surface area (Å²) in [4.78, 5) is 45.3. The van der Waals surface area contributed by atoms with Crippen molar-refractivity contribution in [1.29, 1.82) is 0 Å². The second kappa shape index (κ2) is 8.91. The molecule has 1 aliphatic rings. The monoisotopic (exact) mass is 362 g/mol. The summed E-state index contributed by atoms with van der Waals surface area (Å²) in [7, 11) is 0. The molecule has 1 fully saturated rings. The van der Waals surface area contributed by atoms with Crippen LogP contribution < -0.4 is 0 Å². The zero-order valence-corrected chi connectivity index (χ0v) is 14.9. The Kier molecular flexibility index (Phi) is 7.53. The number of carbonyl (C=O) groups excluding carboxylic acids is 4. The first-order valence-electron chi connectivity index (χ1n) is 7.45. The minimum atomic E-state index is -1.04. The molecule has 0 N–H and O–H groups in total. The molecule has 0 unspecified atom stereocenters. The minimum absolute atomic E-state index is 0.0328. The van der Waals surface area contributed by atoms with Crippen LogP contribution in [0.15, 0.2) is 0 Å². The third kappa shape index (κ3) is 6.03. The van der Waals surface area contributed by atoms with Crippen molar-refractivity contribution in [3.05, 3.63) is 0 Å². The van der Waals surface area contributed by atoms with Crippen LogP contribution in [0.2, 0.25) is 0 Å². The number of esters is 4. The van der Waals surface area contributed by atoms with Crippen molar-refractivity contribution < 1.29 is 38.1 Å². The Morgan fingerprint density at radius 2 is 1.25 bits per heavy atom. The van der Waals surface area contributed by atoms with Crippen molar-refractivity contribution in [1.82, 2.24) is 0 Å². The van der Waals surface area contributed by atoms with E-state index in [2.05, 4.69) is 12.6 Å². The van der Waals surface area contributed by atoms with Gasteiger partial charge in [0.2, 0.25) is 0 Å². The fourth-order valence-corrected chi connectivity index (χ4v) is 3.16. The van der Waals surface area contributed by atoms with Crippen LogP contribution in [0.25, 0.3) is 0 Å². The summed E-state index contributed by atoms with van der Waals surface area (Å²) in [6.07, 6.45) is -2.50. The zero-order valence-electron chi connectivity index (χ0n) is 14.0. The average Bonchev–Trinajstić information content (AvgIpc) is 2.42. The highest BCUT2D eigenvalue weighted by molar-refractivity contribution is 7.81. The van der Waals surface area contributed by atoms with Crippen LogP contribution in [0.3, 0.4) is 0 Å². The van der Waals surface area contributed by atoms with Gasteiger partial charge in [-0.1, -0.05) is 0 Å². The number of hydrogen-bond acceptors (Lipinski definition) is 9. The van der Waals surface area contributed by atoms with Gasteiger partial charge in [-0.05, 0) is 6.42 Å². The van der Waals surface area contributed by atoms with Crippen molar-refractivity contribution in [2.24, 2.45) is 5.92 Å². The molecule has 5 atom stereocenters. The van der Waals surface area contributed by atoms with Crippen molar-refractivity contribution in [3.8, 4) is 0 Å². The Hall–Kier alpha value is -1.77. The van der Waals surface area contributed by atoms with E-state index in [1.807, 2.05) is 0 Å². The Morgan fingerprint density at radius 1 is 0.792 bits per heavy atom. The molecule has 9 heteroatoms. The summed E-state index contributed by atoms with van der Waals surface area (Å²) in [6, 6.07) is 0. The van der Waals surface area contributed by atoms with E-state index in [1.54, 1.807) is 0 Å². The SMILES string of the molecule is CC(=O)OC[C@H]1C[C@@H](S)[C@H](OC(C)=O)[C@@H](OC(C)=O)[C@@H]1OC(C)=O. The average molecular weight is 362 g/mol. The Balaban J connectivity index is 3.11. The van der Waals surface area contributed by atoms with E-state index in [9.17, 15) is 19.2 Å². The largest absolute Gasteiger partial charge is 0.465 e. The quantitative estimate of drug-likeness (QED) is 0.432. The number of thiol groups is 1. The van der Waals surface area contributed by atoms with E-state index in [1.165, 1.54) is 27.7 Å². The fourth-order valence-electron chi connectivity index (χ4n) is 2.66. The highest BCUT2D eigenvalue weighted by Gasteiger charge is 2.49. The summed E-state index contributed by atoms with van der Waals surface area (Å²) in [5.41, 5.74) is 0. The maximum Gasteiger partial charge on any atom is 0.303 e. The predicted molar refractivity (Wildman–Crippen MR) is 84.2 cm³/mol. The molecule has 8 nitrogen and oxygen atoms in total. The lowest BCUT2D eigenvalue weighted by atomic mass is 9.82. The minimum Gasteiger partial charge on any atom is -0.465 e. The third-order valence-electron chi connectivity index (χ3n) is 3.44. The second-order valence-corrected chi connectivity index (χ2v) is 6.25. The molecule has 136 valence electrons. The van der Waals surface area contributed by atoms with Crippen LogP contribution in [0.5, 0.6) is 0 Å². The number of ether oxygens (including phenoxy) is 4. The van der Waals surface area contributed by atoms with Gasteiger partial charge in [0.05, 0.1) is 6.61 Å². The van der Waals surface area contributed by atoms with E-state index >= 15 is 0 Å². The van der Waals surface area contributed by atoms with Gasteiger partial charge in [0.1, 0.15) is 6.10 Å². The zero-order chi connectivity index (χ0) is 18.4. The van der Waals surface area contributed by atoms with Crippen molar-refractivity contribution in [2.75, 3.05) is 6.61 Å². The maximum absolute atomic E-state index is 11.4. The third-order valence-corrected chi connectivity index (χ3v) is 3.95. The van der Waals surface area contributed by atoms with Crippen LogP contribution in [0.1, 0.15) is 34.1 Å². The Labute approximate surface area is 145 Å². The van der Waals surface area contributed by atoms with Gasteiger partial charge in [-0.15, -0.1) is 0 Å². The van der Waals surface area contributed by atoms with Crippen LogP contribution >= 0.6 is 12.6 Å². The summed E-state index contributed by atoms with van der Waals surface area (Å²) < 4.78 is 20.7. The normalized spacial score (nSPS) is 29.3. The van der Waals surface area contributed by atoms with E-state index in [-0.39, 0.29) is 6.61 Å². The van der Waals surface area contributed by atoms with Crippen LogP contribution in [0.4, 0.5) is 0 Å². The molecule has 0 aromatic carbocycles. The van der Waals surface area contributed by atoms with Gasteiger partial charge >= 0.3 is 23.9 Å². The molecule has 0 heterocycles. The molecular weight excluding hydrogens is 340 g/mol. The molecule has 0 aromatic rings. The van der Waals surface area contributed by atoms with Crippen LogP contribution in [-0.4, -0.2) is 54.0 Å². The van der Waals surface area contributed by atoms with Crippen molar-refractivity contribution >= 4 is 36.5 Å². The lowest BCUT2D eigenvalue weighted by molar-refractivity contribution is -0.198. The summed E-state index contributed by atoms with van der Waals surface area (Å²) in [6.45, 7) is 4.85. The molecular formula is C15H22O8S. The lowest BCUT2D eigenvalue weighted by Gasteiger charge is -2.43. The van der Waals surface area contributed by atoms with Gasteiger partial charge in [0, 0.05) is 38.9 Å². The van der Waals surface area contributed by atoms with E-state index in [4.69, 9.17) is 18.9 Å². The van der Waals surface area contributed by atoms with Crippen molar-refractivity contribution in [3.63, 3.8) is 0 Å². The van der Waals surface area contributed by atoms with Crippen LogP contribution in [0, 0.1) is 5.92 Å². The van der Waals surface area contributed by atoms with E-state index in [0.29, 0.717) is 6.42 Å². The molecule has 1 aliphatic carbocycles. The topological polar surface area (TPSA) is 105 Å². The maximum atomic E-state index is 11.4. The van der Waals surface area contributed by atoms with Gasteiger partial charge in [-0.3, -0.25) is 19.2 Å². The van der Waals surface area contributed by atoms with Gasteiger partial charge in [0.15, 0.2) is 12.2 Å². The molecule has 1 saturated carbocycles. The first-order valence-corrected chi connectivity index (χ1v) is 7.96. The predicted octanol–water partition coefficient (Wildman–Crippen LogP) is 0.663. The molecule has 0 spiro atoms. The lowest BCUT2D eigenvalue weighted by Crippen LogP contribution is -2.57. The highest BCUT2D eigenvalue weighted by Crippen LogP contribution is 2.35. The molecule has 0 amide bonds. The fraction of sp³-hybridized carbons (Fsp3) is 0.733. The smallest absolute Gasteiger partial charge is 0.303 e. The second-order valence-electron chi connectivity index (χ2n) is 5.59. The number of carbonyl (C=O) groups is 4. The standard InChI is InChI=1S/C15H22O8S/c1-7(16)20-6-11-5-12(24)14(22-9(3)18)15(23-10(4)19)13(11)21-8(2)17/h11-15,24H,5-6H2,1-4H3/t11-,12-,13-,14+,15+/m1/s1. The van der Waals surface area contributed by atoms with Gasteiger partial charge in [-0.2, -0.15) is 12.6 Å². The first-order chi connectivity index (χ1) is 11.1. The Morgan fingerprint density at radius 3 is 1.71 bits per heavy atom. The summed E-state index contributed by atoms with van der Waals surface area (Å²) >= 11 is 4.40. The van der Waals surface area contributed by atoms with Gasteiger partial charge in [0.25, 0.3) is 0 Å². The molecule has 1 rings (SSSR count). The molecule has 0 radical (unpaired) electrons. The Bertz CT molecular complexity index is 506. The van der Waals surface area contributed by atoms with Crippen LogP contribution in [-0.2, 0) is 38.1 Å². The summed E-state index contributed by atoms with van der Waals surface area (Å²) in [5.74, 6) is -2.72. The van der Waals surface area contributed by atoms with E-state index < -0.39 is 53.4 Å². The van der Waals surface area contributed by atoms with E-state index in [0.717, 1.165) is 0 Å². The molecule has 0 saturated heterocycles. The molecule has 0 bridgehead atoms. The van der Waals surface area contributed by atoms with Gasteiger partial charge < -0.3 is 18.9 Å². The molecule has 0 aliphatic heterocycles. The number of hydrogen-bond donors (Lipinski definition) is 1. The highest BCUT2D eigenvalue weighted by atomic mass is 32.1. The van der Waals surface area contributed by atoms with Crippen molar-refractivity contribution in [2.45, 2.75) is 57.7 Å². The summed E-state index contributed by atoms with van der Waals surface area (Å²) in [5, 5.41) is -0.481.